The van der Waals surface area contributed by atoms with Crippen LogP contribution in [0.5, 0.6) is 0 Å². The van der Waals surface area contributed by atoms with Gasteiger partial charge in [0.1, 0.15) is 5.82 Å². The summed E-state index contributed by atoms with van der Waals surface area (Å²) in [6.45, 7) is 7.65. The van der Waals surface area contributed by atoms with Crippen molar-refractivity contribution in [1.29, 1.82) is 0 Å². The molecule has 0 radical (unpaired) electrons. The zero-order valence-corrected chi connectivity index (χ0v) is 20.3. The van der Waals surface area contributed by atoms with Crippen LogP contribution < -0.4 is 0 Å². The molecule has 1 aliphatic rings. The summed E-state index contributed by atoms with van der Waals surface area (Å²) < 4.78 is 15.9. The maximum atomic E-state index is 14.9. The van der Waals surface area contributed by atoms with E-state index in [1.165, 1.54) is 11.0 Å². The van der Waals surface area contributed by atoms with E-state index in [0.29, 0.717) is 11.1 Å². The van der Waals surface area contributed by atoms with Crippen molar-refractivity contribution in [3.05, 3.63) is 74.8 Å². The number of rotatable bonds is 5. The van der Waals surface area contributed by atoms with Gasteiger partial charge in [-0.15, -0.1) is 0 Å². The molecule has 0 aliphatic carbocycles. The molecule has 1 amide bonds. The third kappa shape index (κ3) is 5.31. The first-order chi connectivity index (χ1) is 14.7. The number of hydrogen-bond acceptors (Lipinski definition) is 3. The fourth-order valence-electron chi connectivity index (χ4n) is 3.92. The minimum atomic E-state index is -0.324. The molecular formula is C25H29BrFN3O. The highest BCUT2D eigenvalue weighted by atomic mass is 79.9. The van der Waals surface area contributed by atoms with Gasteiger partial charge < -0.3 is 4.90 Å². The lowest BCUT2D eigenvalue weighted by Gasteiger charge is -2.31. The Balaban J connectivity index is 1.74. The lowest BCUT2D eigenvalue weighted by atomic mass is 9.93. The van der Waals surface area contributed by atoms with Crippen molar-refractivity contribution in [2.45, 2.75) is 33.2 Å². The number of amides is 1. The highest BCUT2D eigenvalue weighted by Crippen LogP contribution is 2.30. The summed E-state index contributed by atoms with van der Waals surface area (Å²) in [7, 11) is 3.34. The van der Waals surface area contributed by atoms with Gasteiger partial charge in [-0.2, -0.15) is 0 Å². The Labute approximate surface area is 192 Å². The van der Waals surface area contributed by atoms with Gasteiger partial charge in [0.05, 0.1) is 0 Å². The van der Waals surface area contributed by atoms with Crippen molar-refractivity contribution >= 4 is 33.5 Å². The third-order valence-electron chi connectivity index (χ3n) is 5.76. The second-order valence-electron chi connectivity index (χ2n) is 8.22. The number of carbonyl (C=O) groups is 1. The van der Waals surface area contributed by atoms with Crippen LogP contribution in [0.4, 0.5) is 4.39 Å². The van der Waals surface area contributed by atoms with E-state index in [-0.39, 0.29) is 17.8 Å². The van der Waals surface area contributed by atoms with Crippen LogP contribution in [-0.2, 0) is 0 Å². The van der Waals surface area contributed by atoms with Crippen molar-refractivity contribution < 1.29 is 9.18 Å². The molecule has 4 nitrogen and oxygen atoms in total. The van der Waals surface area contributed by atoms with Gasteiger partial charge in [0, 0.05) is 66.3 Å². The molecule has 0 saturated heterocycles. The van der Waals surface area contributed by atoms with Gasteiger partial charge in [-0.1, -0.05) is 34.2 Å². The van der Waals surface area contributed by atoms with Gasteiger partial charge in [-0.25, -0.2) is 4.39 Å². The molecule has 1 aromatic heterocycles. The van der Waals surface area contributed by atoms with Crippen molar-refractivity contribution in [2.24, 2.45) is 0 Å². The highest BCUT2D eigenvalue weighted by Gasteiger charge is 2.21. The molecule has 6 heteroatoms. The van der Waals surface area contributed by atoms with E-state index in [1.807, 2.05) is 19.9 Å². The van der Waals surface area contributed by atoms with Crippen molar-refractivity contribution in [1.82, 2.24) is 14.8 Å². The molecule has 3 rings (SSSR count). The van der Waals surface area contributed by atoms with Crippen LogP contribution in [0, 0.1) is 19.7 Å². The van der Waals surface area contributed by atoms with Crippen LogP contribution >= 0.6 is 15.9 Å². The lowest BCUT2D eigenvalue weighted by Crippen LogP contribution is -2.35. The van der Waals surface area contributed by atoms with Crippen LogP contribution in [0.3, 0.4) is 0 Å². The predicted octanol–water partition coefficient (Wildman–Crippen LogP) is 5.49. The van der Waals surface area contributed by atoms with Crippen molar-refractivity contribution in [3.63, 3.8) is 0 Å². The van der Waals surface area contributed by atoms with Crippen LogP contribution in [0.1, 0.15) is 46.1 Å². The highest BCUT2D eigenvalue weighted by molar-refractivity contribution is 9.10. The van der Waals surface area contributed by atoms with Gasteiger partial charge in [0.25, 0.3) is 5.91 Å². The van der Waals surface area contributed by atoms with E-state index >= 15 is 0 Å². The Bertz CT molecular complexity index is 1000. The van der Waals surface area contributed by atoms with E-state index in [0.717, 1.165) is 46.4 Å². The first-order valence-electron chi connectivity index (χ1n) is 10.4. The molecule has 164 valence electrons. The minimum Gasteiger partial charge on any atom is -0.345 e. The molecule has 2 aromatic rings. The SMILES string of the molecule is Cc1cc(C(=O)N(C)C)cc(F)c1C1=CCN(C(C)/C=C/c2c(Br)ccnc2C)CC1. The Morgan fingerprint density at radius 1 is 1.32 bits per heavy atom. The number of carbonyl (C=O) groups excluding carboxylic acids is 1. The number of hydrogen-bond donors (Lipinski definition) is 0. The summed E-state index contributed by atoms with van der Waals surface area (Å²) in [6.07, 6.45) is 8.97. The number of aryl methyl sites for hydroxylation is 2. The summed E-state index contributed by atoms with van der Waals surface area (Å²) >= 11 is 3.59. The van der Waals surface area contributed by atoms with E-state index in [2.05, 4.69) is 51.0 Å². The van der Waals surface area contributed by atoms with Gasteiger partial charge in [-0.3, -0.25) is 14.7 Å². The molecule has 0 saturated carbocycles. The summed E-state index contributed by atoms with van der Waals surface area (Å²) in [6, 6.07) is 5.34. The molecule has 1 atom stereocenters. The number of pyridine rings is 1. The molecule has 2 heterocycles. The average molecular weight is 486 g/mol. The van der Waals surface area contributed by atoms with E-state index in [1.54, 1.807) is 26.4 Å². The summed E-state index contributed by atoms with van der Waals surface area (Å²) in [5.41, 5.74) is 4.91. The number of halogens is 2. The molecule has 0 bridgehead atoms. The molecule has 0 spiro atoms. The monoisotopic (exact) mass is 485 g/mol. The standard InChI is InChI=1S/C25H29BrFN3O/c1-16-14-20(25(31)29(4)5)15-23(27)24(16)19-9-12-30(13-10-19)17(2)6-7-21-18(3)28-11-8-22(21)26/h6-9,11,14-15,17H,10,12-13H2,1-5H3/b7-6+. The summed E-state index contributed by atoms with van der Waals surface area (Å²) in [5, 5.41) is 0. The zero-order chi connectivity index (χ0) is 22.7. The second-order valence-corrected chi connectivity index (χ2v) is 9.07. The minimum absolute atomic E-state index is 0.187. The van der Waals surface area contributed by atoms with Crippen molar-refractivity contribution in [3.8, 4) is 0 Å². The van der Waals surface area contributed by atoms with Gasteiger partial charge >= 0.3 is 0 Å². The smallest absolute Gasteiger partial charge is 0.253 e. The molecule has 0 N–H and O–H groups in total. The van der Waals surface area contributed by atoms with Crippen LogP contribution in [0.2, 0.25) is 0 Å². The fraction of sp³-hybridized carbons (Fsp3) is 0.360. The zero-order valence-electron chi connectivity index (χ0n) is 18.7. The Morgan fingerprint density at radius 3 is 2.65 bits per heavy atom. The summed E-state index contributed by atoms with van der Waals surface area (Å²) in [5.74, 6) is -0.511. The Hall–Kier alpha value is -2.31. The predicted molar refractivity (Wildman–Crippen MR) is 128 cm³/mol. The van der Waals surface area contributed by atoms with Gasteiger partial charge in [0.15, 0.2) is 0 Å². The lowest BCUT2D eigenvalue weighted by molar-refractivity contribution is 0.0827. The Morgan fingerprint density at radius 2 is 2.06 bits per heavy atom. The molecule has 0 fully saturated rings. The van der Waals surface area contributed by atoms with Crippen LogP contribution in [0.15, 0.2) is 41.0 Å². The van der Waals surface area contributed by atoms with Gasteiger partial charge in [-0.05, 0) is 56.5 Å². The molecule has 1 aromatic carbocycles. The van der Waals surface area contributed by atoms with Gasteiger partial charge in [0.2, 0.25) is 0 Å². The number of nitrogens with zero attached hydrogens (tertiary/aromatic N) is 3. The second kappa shape index (κ2) is 9.88. The van der Waals surface area contributed by atoms with E-state index < -0.39 is 0 Å². The largest absolute Gasteiger partial charge is 0.345 e. The fourth-order valence-corrected chi connectivity index (χ4v) is 4.46. The quantitative estimate of drug-likeness (QED) is 0.561. The number of aromatic nitrogens is 1. The first kappa shape index (κ1) is 23.4. The maximum Gasteiger partial charge on any atom is 0.253 e. The maximum absolute atomic E-state index is 14.9. The number of benzene rings is 1. The van der Waals surface area contributed by atoms with Crippen LogP contribution in [0.25, 0.3) is 11.6 Å². The molecular weight excluding hydrogens is 457 g/mol. The summed E-state index contributed by atoms with van der Waals surface area (Å²) in [4.78, 5) is 20.4. The van der Waals surface area contributed by atoms with E-state index in [4.69, 9.17) is 0 Å². The normalized spacial score (nSPS) is 15.8. The molecule has 1 aliphatic heterocycles. The first-order valence-corrected chi connectivity index (χ1v) is 11.2. The van der Waals surface area contributed by atoms with Crippen molar-refractivity contribution in [2.75, 3.05) is 27.2 Å². The Kier molecular flexibility index (Phi) is 7.44. The topological polar surface area (TPSA) is 36.4 Å². The van der Waals surface area contributed by atoms with E-state index in [9.17, 15) is 9.18 Å². The third-order valence-corrected chi connectivity index (χ3v) is 6.45. The molecule has 1 unspecified atom stereocenters. The average Bonchev–Trinajstić information content (AvgIpc) is 2.72. The van der Waals surface area contributed by atoms with Crippen LogP contribution in [-0.4, -0.2) is 53.9 Å². The molecule has 31 heavy (non-hydrogen) atoms.